The summed E-state index contributed by atoms with van der Waals surface area (Å²) in [5.41, 5.74) is -1.04. The molecule has 25 heavy (non-hydrogen) atoms. The quantitative estimate of drug-likeness (QED) is 0.332. The van der Waals surface area contributed by atoms with Crippen LogP contribution in [0.3, 0.4) is 0 Å². The second-order valence-electron chi connectivity index (χ2n) is 6.25. The van der Waals surface area contributed by atoms with Gasteiger partial charge in [0.05, 0.1) is 4.92 Å². The monoisotopic (exact) mass is 350 g/mol. The van der Waals surface area contributed by atoms with Gasteiger partial charge in [-0.15, -0.1) is 0 Å². The molecule has 2 rings (SSSR count). The van der Waals surface area contributed by atoms with E-state index in [1.807, 2.05) is 0 Å². The molecule has 1 aliphatic carbocycles. The molecule has 3 atom stereocenters. The van der Waals surface area contributed by atoms with Crippen LogP contribution in [0, 0.1) is 10.1 Å². The Kier molecular flexibility index (Phi) is 5.78. The second-order valence-corrected chi connectivity index (χ2v) is 6.25. The SMILES string of the molecule is CC1=CC(NC(O)[C@@](C)(O)COc2ccc(O)cc2)CC=C1[N+](=O)[O-]. The summed E-state index contributed by atoms with van der Waals surface area (Å²) in [7, 11) is 0. The predicted octanol–water partition coefficient (Wildman–Crippen LogP) is 1.31. The van der Waals surface area contributed by atoms with Gasteiger partial charge in [0.15, 0.2) is 0 Å². The van der Waals surface area contributed by atoms with Gasteiger partial charge in [-0.05, 0) is 50.6 Å². The lowest BCUT2D eigenvalue weighted by molar-refractivity contribution is -0.421. The first-order chi connectivity index (χ1) is 11.7. The van der Waals surface area contributed by atoms with Crippen molar-refractivity contribution >= 4 is 0 Å². The summed E-state index contributed by atoms with van der Waals surface area (Å²) < 4.78 is 5.43. The number of hydrogen-bond donors (Lipinski definition) is 4. The Morgan fingerprint density at radius 1 is 1.44 bits per heavy atom. The highest BCUT2D eigenvalue weighted by molar-refractivity contribution is 5.30. The van der Waals surface area contributed by atoms with E-state index in [0.717, 1.165) is 0 Å². The van der Waals surface area contributed by atoms with Crippen LogP contribution >= 0.6 is 0 Å². The maximum Gasteiger partial charge on any atom is 0.268 e. The smallest absolute Gasteiger partial charge is 0.268 e. The third-order valence-electron chi connectivity index (χ3n) is 3.95. The summed E-state index contributed by atoms with van der Waals surface area (Å²) in [4.78, 5) is 10.4. The van der Waals surface area contributed by atoms with Crippen LogP contribution in [0.2, 0.25) is 0 Å². The van der Waals surface area contributed by atoms with Gasteiger partial charge in [-0.1, -0.05) is 6.08 Å². The van der Waals surface area contributed by atoms with E-state index >= 15 is 0 Å². The Bertz CT molecular complexity index is 681. The highest BCUT2D eigenvalue weighted by Crippen LogP contribution is 2.21. The molecular formula is C17H22N2O6. The zero-order valence-corrected chi connectivity index (χ0v) is 14.0. The molecule has 2 unspecified atom stereocenters. The van der Waals surface area contributed by atoms with Gasteiger partial charge in [-0.25, -0.2) is 0 Å². The molecule has 0 fully saturated rings. The summed E-state index contributed by atoms with van der Waals surface area (Å²) in [6.45, 7) is 2.86. The van der Waals surface area contributed by atoms with Gasteiger partial charge in [-0.2, -0.15) is 0 Å². The summed E-state index contributed by atoms with van der Waals surface area (Å²) in [6, 6.07) is 5.66. The zero-order chi connectivity index (χ0) is 18.6. The van der Waals surface area contributed by atoms with Crippen LogP contribution in [0.1, 0.15) is 20.3 Å². The molecule has 0 aliphatic heterocycles. The highest BCUT2D eigenvalue weighted by atomic mass is 16.6. The van der Waals surface area contributed by atoms with Crippen LogP contribution in [0.5, 0.6) is 11.5 Å². The van der Waals surface area contributed by atoms with Crippen molar-refractivity contribution in [3.8, 4) is 11.5 Å². The molecule has 4 N–H and O–H groups in total. The Hall–Kier alpha value is -2.42. The van der Waals surface area contributed by atoms with Crippen molar-refractivity contribution in [1.82, 2.24) is 5.32 Å². The van der Waals surface area contributed by atoms with E-state index < -0.39 is 16.8 Å². The van der Waals surface area contributed by atoms with Crippen molar-refractivity contribution in [2.75, 3.05) is 6.61 Å². The molecule has 8 nitrogen and oxygen atoms in total. The van der Waals surface area contributed by atoms with Gasteiger partial charge >= 0.3 is 0 Å². The number of ether oxygens (including phenoxy) is 1. The lowest BCUT2D eigenvalue weighted by atomic mass is 9.99. The van der Waals surface area contributed by atoms with Gasteiger partial charge in [0.1, 0.15) is 29.9 Å². The lowest BCUT2D eigenvalue weighted by Crippen LogP contribution is -2.55. The van der Waals surface area contributed by atoms with Crippen LogP contribution < -0.4 is 10.1 Å². The summed E-state index contributed by atoms with van der Waals surface area (Å²) in [5.74, 6) is 0.541. The predicted molar refractivity (Wildman–Crippen MR) is 90.6 cm³/mol. The molecule has 0 saturated heterocycles. The topological polar surface area (TPSA) is 125 Å². The van der Waals surface area contributed by atoms with E-state index in [4.69, 9.17) is 4.74 Å². The van der Waals surface area contributed by atoms with Gasteiger partial charge < -0.3 is 20.1 Å². The average Bonchev–Trinajstić information content (AvgIpc) is 2.54. The number of hydrogen-bond acceptors (Lipinski definition) is 7. The van der Waals surface area contributed by atoms with Crippen LogP contribution in [-0.2, 0) is 0 Å². The number of aliphatic hydroxyl groups is 2. The summed E-state index contributed by atoms with van der Waals surface area (Å²) in [6.07, 6.45) is 2.17. The molecule has 0 heterocycles. The van der Waals surface area contributed by atoms with Crippen molar-refractivity contribution in [1.29, 1.82) is 0 Å². The largest absolute Gasteiger partial charge is 0.508 e. The maximum atomic E-state index is 10.8. The number of nitrogens with one attached hydrogen (secondary N) is 1. The van der Waals surface area contributed by atoms with Crippen LogP contribution in [0.25, 0.3) is 0 Å². The number of aliphatic hydroxyl groups excluding tert-OH is 1. The van der Waals surface area contributed by atoms with Crippen molar-refractivity contribution in [2.24, 2.45) is 0 Å². The lowest BCUT2D eigenvalue weighted by Gasteiger charge is -2.32. The number of nitrogens with zero attached hydrogens (tertiary/aromatic N) is 1. The molecule has 0 aromatic heterocycles. The van der Waals surface area contributed by atoms with E-state index in [1.54, 1.807) is 25.1 Å². The van der Waals surface area contributed by atoms with Crippen LogP contribution in [0.4, 0.5) is 0 Å². The molecule has 1 aliphatic rings. The van der Waals surface area contributed by atoms with Crippen LogP contribution in [-0.4, -0.2) is 44.7 Å². The molecular weight excluding hydrogens is 328 g/mol. The fourth-order valence-corrected chi connectivity index (χ4v) is 2.42. The van der Waals surface area contributed by atoms with Gasteiger partial charge in [0.25, 0.3) is 5.70 Å². The van der Waals surface area contributed by atoms with Crippen molar-refractivity contribution in [3.63, 3.8) is 0 Å². The zero-order valence-electron chi connectivity index (χ0n) is 14.0. The third kappa shape index (κ3) is 5.02. The fraction of sp³-hybridized carbons (Fsp3) is 0.412. The van der Waals surface area contributed by atoms with Crippen molar-refractivity contribution in [3.05, 3.63) is 57.8 Å². The molecule has 0 bridgehead atoms. The molecule has 1 aromatic carbocycles. The summed E-state index contributed by atoms with van der Waals surface area (Å²) in [5, 5.41) is 43.6. The van der Waals surface area contributed by atoms with E-state index in [9.17, 15) is 25.4 Å². The van der Waals surface area contributed by atoms with E-state index in [0.29, 0.717) is 17.7 Å². The minimum Gasteiger partial charge on any atom is -0.508 e. The number of phenols is 1. The van der Waals surface area contributed by atoms with Gasteiger partial charge in [0.2, 0.25) is 0 Å². The molecule has 0 amide bonds. The normalized spacial score (nSPS) is 20.9. The Labute approximate surface area is 145 Å². The molecule has 0 saturated carbocycles. The van der Waals surface area contributed by atoms with Gasteiger partial charge in [-0.3, -0.25) is 15.4 Å². The summed E-state index contributed by atoms with van der Waals surface area (Å²) >= 11 is 0. The number of aromatic hydroxyl groups is 1. The van der Waals surface area contributed by atoms with Gasteiger partial charge in [0, 0.05) is 11.6 Å². The first kappa shape index (κ1) is 18.9. The van der Waals surface area contributed by atoms with Crippen molar-refractivity contribution < 1.29 is 25.0 Å². The Balaban J connectivity index is 1.91. The molecule has 0 spiro atoms. The van der Waals surface area contributed by atoms with E-state index in [1.165, 1.54) is 25.1 Å². The number of allylic oxidation sites excluding steroid dienone is 1. The van der Waals surface area contributed by atoms with Crippen molar-refractivity contribution in [2.45, 2.75) is 38.1 Å². The molecule has 1 aromatic rings. The number of phenolic OH excluding ortho intramolecular Hbond substituents is 1. The molecule has 8 heteroatoms. The maximum absolute atomic E-state index is 10.8. The first-order valence-corrected chi connectivity index (χ1v) is 7.81. The number of nitro groups is 1. The Morgan fingerprint density at radius 2 is 2.08 bits per heavy atom. The first-order valence-electron chi connectivity index (χ1n) is 7.81. The molecule has 0 radical (unpaired) electrons. The second kappa shape index (κ2) is 7.64. The fourth-order valence-electron chi connectivity index (χ4n) is 2.42. The number of rotatable bonds is 7. The minimum absolute atomic E-state index is 0.0509. The highest BCUT2D eigenvalue weighted by Gasteiger charge is 2.33. The Morgan fingerprint density at radius 3 is 2.64 bits per heavy atom. The van der Waals surface area contributed by atoms with Crippen LogP contribution in [0.15, 0.2) is 47.7 Å². The van der Waals surface area contributed by atoms with E-state index in [2.05, 4.69) is 5.32 Å². The molecule has 136 valence electrons. The average molecular weight is 350 g/mol. The standard InChI is InChI=1S/C17H22N2O6/c1-11-9-12(3-8-15(11)19(23)24)18-16(21)17(2,22)10-25-14-6-4-13(20)5-7-14/h4-9,12,16,18,20-22H,3,10H2,1-2H3/t12?,16?,17-/m0/s1. The number of benzene rings is 1. The third-order valence-corrected chi connectivity index (χ3v) is 3.95. The minimum atomic E-state index is -1.59. The van der Waals surface area contributed by atoms with E-state index in [-0.39, 0.29) is 24.1 Å².